The Morgan fingerprint density at radius 3 is 2.42 bits per heavy atom. The van der Waals surface area contributed by atoms with Crippen LogP contribution in [-0.4, -0.2) is 35.5 Å². The average molecular weight is 416 g/mol. The van der Waals surface area contributed by atoms with E-state index >= 15 is 0 Å². The molecular formula is C15H18Cl3O5P. The maximum atomic E-state index is 12.5. The summed E-state index contributed by atoms with van der Waals surface area (Å²) in [6.45, 7) is 1.85. The van der Waals surface area contributed by atoms with Crippen molar-refractivity contribution >= 4 is 48.1 Å². The lowest BCUT2D eigenvalue weighted by atomic mass is 10.1. The number of carbonyl (C=O) groups is 1. The van der Waals surface area contributed by atoms with Gasteiger partial charge in [-0.2, -0.15) is 0 Å². The van der Waals surface area contributed by atoms with Crippen molar-refractivity contribution in [2.24, 2.45) is 5.41 Å². The second kappa shape index (κ2) is 7.84. The van der Waals surface area contributed by atoms with Crippen LogP contribution >= 0.6 is 42.2 Å². The van der Waals surface area contributed by atoms with E-state index in [0.717, 1.165) is 0 Å². The molecule has 134 valence electrons. The Balaban J connectivity index is 1.75. The quantitative estimate of drug-likeness (QED) is 0.254. The summed E-state index contributed by atoms with van der Waals surface area (Å²) in [5.41, 5.74) is -1.25. The third-order valence-corrected chi connectivity index (χ3v) is 7.44. The molecule has 1 aliphatic carbocycles. The van der Waals surface area contributed by atoms with Gasteiger partial charge in [-0.1, -0.05) is 18.2 Å². The predicted octanol–water partition coefficient (Wildman–Crippen LogP) is 4.64. The lowest BCUT2D eigenvalue weighted by molar-refractivity contribution is -0.147. The topological polar surface area (TPSA) is 61.8 Å². The minimum Gasteiger partial charge on any atom is -0.491 e. The van der Waals surface area contributed by atoms with E-state index in [0.29, 0.717) is 12.2 Å². The summed E-state index contributed by atoms with van der Waals surface area (Å²) in [7, 11) is -3.30. The molecule has 0 aliphatic heterocycles. The summed E-state index contributed by atoms with van der Waals surface area (Å²) in [5.74, 6) is 0.0671. The number of alkyl halides is 3. The van der Waals surface area contributed by atoms with Crippen LogP contribution in [-0.2, 0) is 18.6 Å². The largest absolute Gasteiger partial charge is 0.491 e. The van der Waals surface area contributed by atoms with E-state index in [1.165, 1.54) is 0 Å². The van der Waals surface area contributed by atoms with Gasteiger partial charge in [-0.05, 0) is 19.1 Å². The molecule has 0 heterocycles. The Morgan fingerprint density at radius 1 is 1.25 bits per heavy atom. The SMILES string of the molecule is CC1(C(=O)OCP(=O)(CCl)OCCOc2ccccc2)CC1(Cl)Cl. The van der Waals surface area contributed by atoms with Crippen LogP contribution < -0.4 is 4.74 Å². The summed E-state index contributed by atoms with van der Waals surface area (Å²) in [6, 6.07) is 9.14. The summed E-state index contributed by atoms with van der Waals surface area (Å²) >= 11 is 17.5. The van der Waals surface area contributed by atoms with Crippen molar-refractivity contribution in [3.8, 4) is 5.75 Å². The van der Waals surface area contributed by atoms with Gasteiger partial charge < -0.3 is 14.0 Å². The van der Waals surface area contributed by atoms with Crippen LogP contribution in [0, 0.1) is 5.41 Å². The first-order valence-corrected chi connectivity index (χ1v) is 10.5. The molecule has 0 bridgehead atoms. The Kier molecular flexibility index (Phi) is 6.49. The van der Waals surface area contributed by atoms with E-state index in [9.17, 15) is 9.36 Å². The molecule has 5 nitrogen and oxygen atoms in total. The van der Waals surface area contributed by atoms with Gasteiger partial charge in [-0.25, -0.2) is 0 Å². The predicted molar refractivity (Wildman–Crippen MR) is 94.3 cm³/mol. The van der Waals surface area contributed by atoms with Gasteiger partial charge in [0, 0.05) is 6.42 Å². The first kappa shape index (κ1) is 19.9. The third kappa shape index (κ3) is 4.80. The molecule has 0 radical (unpaired) electrons. The van der Waals surface area contributed by atoms with Crippen LogP contribution in [0.25, 0.3) is 0 Å². The molecule has 0 amide bonds. The number of esters is 1. The molecule has 0 aromatic heterocycles. The second-order valence-electron chi connectivity index (χ2n) is 5.70. The highest BCUT2D eigenvalue weighted by molar-refractivity contribution is 7.60. The number of hydrogen-bond donors (Lipinski definition) is 0. The minimum atomic E-state index is -3.30. The molecule has 1 aromatic rings. The van der Waals surface area contributed by atoms with Crippen molar-refractivity contribution in [1.29, 1.82) is 0 Å². The van der Waals surface area contributed by atoms with E-state index in [2.05, 4.69) is 0 Å². The summed E-state index contributed by atoms with van der Waals surface area (Å²) in [4.78, 5) is 12.0. The van der Waals surface area contributed by atoms with Crippen molar-refractivity contribution in [2.45, 2.75) is 17.7 Å². The lowest BCUT2D eigenvalue weighted by Crippen LogP contribution is -2.22. The van der Waals surface area contributed by atoms with Gasteiger partial charge in [0.05, 0.1) is 6.61 Å². The zero-order chi connectivity index (χ0) is 17.8. The fraction of sp³-hybridized carbons (Fsp3) is 0.533. The van der Waals surface area contributed by atoms with Crippen LogP contribution in [0.5, 0.6) is 5.75 Å². The molecule has 9 heteroatoms. The molecule has 1 aliphatic rings. The first-order valence-electron chi connectivity index (χ1n) is 7.24. The average Bonchev–Trinajstić information content (AvgIpc) is 3.10. The molecular weight excluding hydrogens is 397 g/mol. The number of ether oxygens (including phenoxy) is 2. The first-order chi connectivity index (χ1) is 11.2. The van der Waals surface area contributed by atoms with Crippen LogP contribution in [0.15, 0.2) is 30.3 Å². The van der Waals surface area contributed by atoms with Crippen molar-refractivity contribution in [3.63, 3.8) is 0 Å². The minimum absolute atomic E-state index is 0.0582. The molecule has 1 saturated carbocycles. The fourth-order valence-corrected chi connectivity index (χ4v) is 3.96. The Hall–Kier alpha value is -0.450. The van der Waals surface area contributed by atoms with Crippen LogP contribution in [0.1, 0.15) is 13.3 Å². The third-order valence-electron chi connectivity index (χ3n) is 3.70. The van der Waals surface area contributed by atoms with Gasteiger partial charge in [0.2, 0.25) is 0 Å². The molecule has 2 atom stereocenters. The van der Waals surface area contributed by atoms with Gasteiger partial charge >= 0.3 is 5.97 Å². The second-order valence-corrected chi connectivity index (χ2v) is 10.3. The molecule has 24 heavy (non-hydrogen) atoms. The lowest BCUT2D eigenvalue weighted by Gasteiger charge is -2.18. The summed E-state index contributed by atoms with van der Waals surface area (Å²) in [6.07, 6.45) is -0.126. The van der Waals surface area contributed by atoms with Gasteiger partial charge in [-0.3, -0.25) is 9.36 Å². The number of rotatable bonds is 9. The van der Waals surface area contributed by atoms with E-state index in [1.807, 2.05) is 18.2 Å². The smallest absolute Gasteiger partial charge is 0.315 e. The summed E-state index contributed by atoms with van der Waals surface area (Å²) in [5, 5.41) is 0. The molecule has 0 N–H and O–H groups in total. The molecule has 0 saturated heterocycles. The standard InChI is InChI=1S/C15H18Cl3O5P/c1-14(9-15(14,17)18)13(19)22-11-24(20,10-16)23-8-7-21-12-5-3-2-4-6-12/h2-6H,7-11H2,1H3. The molecule has 2 unspecified atom stereocenters. The highest BCUT2D eigenvalue weighted by Gasteiger charge is 2.69. The normalized spacial score (nSPS) is 24.0. The van der Waals surface area contributed by atoms with Gasteiger partial charge in [0.1, 0.15) is 27.7 Å². The van der Waals surface area contributed by atoms with E-state index in [-0.39, 0.29) is 18.8 Å². The van der Waals surface area contributed by atoms with Gasteiger partial charge in [0.25, 0.3) is 7.37 Å². The highest BCUT2D eigenvalue weighted by atomic mass is 35.5. The van der Waals surface area contributed by atoms with Crippen molar-refractivity contribution in [2.75, 3.05) is 25.2 Å². The Morgan fingerprint density at radius 2 is 1.88 bits per heavy atom. The van der Waals surface area contributed by atoms with Crippen LogP contribution in [0.4, 0.5) is 0 Å². The number of benzene rings is 1. The van der Waals surface area contributed by atoms with Gasteiger partial charge in [0.15, 0.2) is 6.35 Å². The maximum absolute atomic E-state index is 12.5. The molecule has 1 aromatic carbocycles. The zero-order valence-electron chi connectivity index (χ0n) is 13.0. The van der Waals surface area contributed by atoms with Gasteiger partial charge in [-0.15, -0.1) is 34.8 Å². The fourth-order valence-electron chi connectivity index (χ4n) is 1.92. The van der Waals surface area contributed by atoms with Crippen molar-refractivity contribution in [1.82, 2.24) is 0 Å². The van der Waals surface area contributed by atoms with Crippen molar-refractivity contribution < 1.29 is 23.4 Å². The maximum Gasteiger partial charge on any atom is 0.315 e. The van der Waals surface area contributed by atoms with Crippen molar-refractivity contribution in [3.05, 3.63) is 30.3 Å². The molecule has 1 fully saturated rings. The Labute approximate surface area is 155 Å². The molecule has 0 spiro atoms. The van der Waals surface area contributed by atoms with Crippen LogP contribution in [0.2, 0.25) is 0 Å². The van der Waals surface area contributed by atoms with E-state index < -0.39 is 29.4 Å². The number of hydrogen-bond acceptors (Lipinski definition) is 5. The van der Waals surface area contributed by atoms with E-state index in [4.69, 9.17) is 48.8 Å². The summed E-state index contributed by atoms with van der Waals surface area (Å²) < 4.78 is 27.1. The van der Waals surface area contributed by atoms with E-state index in [1.54, 1.807) is 19.1 Å². The number of halogens is 3. The van der Waals surface area contributed by atoms with Crippen LogP contribution in [0.3, 0.4) is 0 Å². The monoisotopic (exact) mass is 414 g/mol. The number of carbonyl (C=O) groups excluding carboxylic acids is 1. The Bertz CT molecular complexity index is 625. The highest BCUT2D eigenvalue weighted by Crippen LogP contribution is 2.64. The number of para-hydroxylation sites is 1. The molecule has 2 rings (SSSR count). The zero-order valence-corrected chi connectivity index (χ0v) is 16.2.